The number of hydrogen-bond acceptors (Lipinski definition) is 6. The van der Waals surface area contributed by atoms with Crippen molar-refractivity contribution in [2.24, 2.45) is 0 Å². The molecular weight excluding hydrogens is 457 g/mol. The maximum absolute atomic E-state index is 15.5. The number of aromatic amines is 1. The molecule has 0 amide bonds. The number of fused-ring (bicyclic) bond motifs is 2. The van der Waals surface area contributed by atoms with Crippen LogP contribution in [0.2, 0.25) is 0 Å². The molecule has 1 saturated carbocycles. The van der Waals surface area contributed by atoms with Crippen LogP contribution in [-0.4, -0.2) is 47.3 Å². The van der Waals surface area contributed by atoms with Gasteiger partial charge in [0.2, 0.25) is 5.43 Å². The van der Waals surface area contributed by atoms with E-state index < -0.39 is 16.8 Å². The van der Waals surface area contributed by atoms with Crippen LogP contribution in [0.3, 0.4) is 0 Å². The van der Waals surface area contributed by atoms with Crippen LogP contribution in [0.5, 0.6) is 5.75 Å². The summed E-state index contributed by atoms with van der Waals surface area (Å²) < 4.78 is 31.4. The molecule has 0 radical (unpaired) electrons. The number of nitrogens with zero attached hydrogens (tertiary/aromatic N) is 2. The molecular formula is C25H24FN3O4S. The van der Waals surface area contributed by atoms with Crippen LogP contribution in [-0.2, 0) is 11.3 Å². The minimum atomic E-state index is -0.546. The lowest BCUT2D eigenvalue weighted by Crippen LogP contribution is -2.35. The highest BCUT2D eigenvalue weighted by Crippen LogP contribution is 2.45. The number of methoxy groups -OCH3 is 1. The molecule has 0 unspecified atom stereocenters. The van der Waals surface area contributed by atoms with Crippen molar-refractivity contribution in [2.45, 2.75) is 25.4 Å². The van der Waals surface area contributed by atoms with Crippen molar-refractivity contribution in [1.29, 1.82) is 0 Å². The molecule has 9 heteroatoms. The minimum Gasteiger partial charge on any atom is -0.494 e. The Morgan fingerprint density at radius 3 is 2.59 bits per heavy atom. The van der Waals surface area contributed by atoms with Crippen molar-refractivity contribution in [3.8, 4) is 16.9 Å². The Kier molecular flexibility index (Phi) is 5.28. The summed E-state index contributed by atoms with van der Waals surface area (Å²) in [5.74, 6) is -0.224. The van der Waals surface area contributed by atoms with E-state index in [0.29, 0.717) is 27.2 Å². The molecule has 34 heavy (non-hydrogen) atoms. The zero-order chi connectivity index (χ0) is 23.4. The molecule has 1 saturated heterocycles. The molecule has 1 aliphatic heterocycles. The van der Waals surface area contributed by atoms with E-state index in [9.17, 15) is 9.59 Å². The normalized spacial score (nSPS) is 17.0. The number of pyridine rings is 1. The second-order valence-electron chi connectivity index (χ2n) is 8.89. The fourth-order valence-electron chi connectivity index (χ4n) is 4.87. The third-order valence-electron chi connectivity index (χ3n) is 6.69. The molecule has 2 aromatic heterocycles. The van der Waals surface area contributed by atoms with Crippen molar-refractivity contribution < 1.29 is 13.9 Å². The molecule has 0 bridgehead atoms. The van der Waals surface area contributed by atoms with Gasteiger partial charge in [-0.1, -0.05) is 24.3 Å². The molecule has 176 valence electrons. The van der Waals surface area contributed by atoms with Gasteiger partial charge in [-0.05, 0) is 41.6 Å². The number of hydrogen-bond donors (Lipinski definition) is 1. The molecule has 0 atom stereocenters. The highest BCUT2D eigenvalue weighted by molar-refractivity contribution is 7.12. The summed E-state index contributed by atoms with van der Waals surface area (Å²) >= 11 is 1.14. The summed E-state index contributed by atoms with van der Waals surface area (Å²) in [5, 5.41) is 0.261. The number of nitrogens with one attached hydrogen (secondary N) is 1. The Hall–Kier alpha value is -3.01. The van der Waals surface area contributed by atoms with E-state index in [-0.39, 0.29) is 16.8 Å². The summed E-state index contributed by atoms with van der Waals surface area (Å²) in [6.45, 7) is 4.08. The van der Waals surface area contributed by atoms with Crippen molar-refractivity contribution in [3.05, 3.63) is 62.3 Å². The van der Waals surface area contributed by atoms with Gasteiger partial charge in [-0.3, -0.25) is 18.9 Å². The van der Waals surface area contributed by atoms with Gasteiger partial charge in [0.25, 0.3) is 5.56 Å². The Morgan fingerprint density at radius 2 is 1.91 bits per heavy atom. The maximum Gasteiger partial charge on any atom is 0.271 e. The summed E-state index contributed by atoms with van der Waals surface area (Å²) in [4.78, 5) is 28.5. The number of morpholine rings is 1. The second-order valence-corrected chi connectivity index (χ2v) is 9.69. The maximum atomic E-state index is 15.5. The lowest BCUT2D eigenvalue weighted by molar-refractivity contribution is 0.0342. The van der Waals surface area contributed by atoms with Crippen molar-refractivity contribution >= 4 is 32.7 Å². The number of ether oxygens (including phenoxy) is 2. The molecule has 0 spiro atoms. The SMILES string of the molecule is COc1c(-c2ccc(CN3CCOCC3)cc2)c(F)cc2c(=O)c3c(=O)[nH]sc3n(C3CC3)c12. The summed E-state index contributed by atoms with van der Waals surface area (Å²) in [5.41, 5.74) is 1.80. The highest BCUT2D eigenvalue weighted by atomic mass is 32.1. The summed E-state index contributed by atoms with van der Waals surface area (Å²) in [6.07, 6.45) is 1.87. The first-order valence-electron chi connectivity index (χ1n) is 11.4. The van der Waals surface area contributed by atoms with Crippen molar-refractivity contribution in [1.82, 2.24) is 13.8 Å². The van der Waals surface area contributed by atoms with E-state index in [1.165, 1.54) is 13.2 Å². The van der Waals surface area contributed by atoms with Crippen LogP contribution in [0.15, 0.2) is 39.9 Å². The Bertz CT molecular complexity index is 1510. The fourth-order valence-corrected chi connectivity index (χ4v) is 5.79. The monoisotopic (exact) mass is 481 g/mol. The van der Waals surface area contributed by atoms with E-state index >= 15 is 4.39 Å². The summed E-state index contributed by atoms with van der Waals surface area (Å²) in [7, 11) is 1.50. The molecule has 4 aromatic rings. The molecule has 2 fully saturated rings. The van der Waals surface area contributed by atoms with Crippen molar-refractivity contribution in [3.63, 3.8) is 0 Å². The fraction of sp³-hybridized carbons (Fsp3) is 0.360. The number of halogens is 1. The van der Waals surface area contributed by atoms with E-state index in [4.69, 9.17) is 9.47 Å². The van der Waals surface area contributed by atoms with Gasteiger partial charge in [0.1, 0.15) is 16.0 Å². The minimum absolute atomic E-state index is 0.0890. The molecule has 7 nitrogen and oxygen atoms in total. The second kappa shape index (κ2) is 8.33. The molecule has 1 N–H and O–H groups in total. The smallest absolute Gasteiger partial charge is 0.271 e. The largest absolute Gasteiger partial charge is 0.494 e. The molecule has 6 rings (SSSR count). The van der Waals surface area contributed by atoms with Crippen LogP contribution in [0.1, 0.15) is 24.4 Å². The highest BCUT2D eigenvalue weighted by Gasteiger charge is 2.32. The van der Waals surface area contributed by atoms with Gasteiger partial charge in [-0.2, -0.15) is 0 Å². The average Bonchev–Trinajstić information content (AvgIpc) is 3.61. The van der Waals surface area contributed by atoms with Gasteiger partial charge < -0.3 is 14.0 Å². The van der Waals surface area contributed by atoms with E-state index in [1.807, 2.05) is 28.8 Å². The van der Waals surface area contributed by atoms with Gasteiger partial charge in [-0.15, -0.1) is 0 Å². The van der Waals surface area contributed by atoms with Crippen LogP contribution >= 0.6 is 11.5 Å². The Balaban J connectivity index is 1.52. The van der Waals surface area contributed by atoms with Gasteiger partial charge in [0.15, 0.2) is 5.75 Å². The predicted octanol–water partition coefficient (Wildman–Crippen LogP) is 3.89. The van der Waals surface area contributed by atoms with Gasteiger partial charge in [0, 0.05) is 25.7 Å². The van der Waals surface area contributed by atoms with Crippen molar-refractivity contribution in [2.75, 3.05) is 33.4 Å². The number of H-pyrrole nitrogens is 1. The van der Waals surface area contributed by atoms with Gasteiger partial charge >= 0.3 is 0 Å². The van der Waals surface area contributed by atoms with E-state index in [0.717, 1.165) is 62.8 Å². The van der Waals surface area contributed by atoms with Crippen LogP contribution in [0.4, 0.5) is 4.39 Å². The third kappa shape index (κ3) is 3.46. The quantitative estimate of drug-likeness (QED) is 0.468. The average molecular weight is 482 g/mol. The van der Waals surface area contributed by atoms with Crippen LogP contribution in [0.25, 0.3) is 32.2 Å². The Morgan fingerprint density at radius 1 is 1.18 bits per heavy atom. The zero-order valence-corrected chi connectivity index (χ0v) is 19.5. The first-order chi connectivity index (χ1) is 16.6. The van der Waals surface area contributed by atoms with Gasteiger partial charge in [-0.25, -0.2) is 4.39 Å². The van der Waals surface area contributed by atoms with Crippen LogP contribution < -0.4 is 15.7 Å². The van der Waals surface area contributed by atoms with Gasteiger partial charge in [0.05, 0.1) is 36.8 Å². The number of aromatic nitrogens is 2. The first-order valence-corrected chi connectivity index (χ1v) is 12.2. The number of benzene rings is 2. The predicted molar refractivity (Wildman–Crippen MR) is 131 cm³/mol. The zero-order valence-electron chi connectivity index (χ0n) is 18.7. The lowest BCUT2D eigenvalue weighted by atomic mass is 9.99. The third-order valence-corrected chi connectivity index (χ3v) is 7.57. The molecule has 3 heterocycles. The summed E-state index contributed by atoms with van der Waals surface area (Å²) in [6, 6.07) is 9.21. The molecule has 2 aliphatic rings. The molecule has 1 aliphatic carbocycles. The number of rotatable bonds is 5. The molecule has 2 aromatic carbocycles. The topological polar surface area (TPSA) is 76.6 Å². The van der Waals surface area contributed by atoms with Crippen LogP contribution in [0, 0.1) is 5.82 Å². The standard InChI is InChI=1S/C25H24FN3O4S/c1-32-23-19(15-4-2-14(3-5-15)13-28-8-10-33-11-9-28)18(26)12-17-21(23)29(16-6-7-16)25-20(22(17)30)24(31)27-34-25/h2-5,12,16H,6-11,13H2,1H3,(H,27,31). The Labute approximate surface area is 198 Å². The first kappa shape index (κ1) is 21.5. The lowest BCUT2D eigenvalue weighted by Gasteiger charge is -2.26. The van der Waals surface area contributed by atoms with E-state index in [1.54, 1.807) is 0 Å². The van der Waals surface area contributed by atoms with E-state index in [2.05, 4.69) is 9.27 Å².